The molecule has 0 fully saturated rings. The van der Waals surface area contributed by atoms with Gasteiger partial charge in [0, 0.05) is 277 Å². The van der Waals surface area contributed by atoms with E-state index in [4.69, 9.17) is 0 Å². The van der Waals surface area contributed by atoms with E-state index in [1.54, 1.807) is 44.5 Å². The van der Waals surface area contributed by atoms with Gasteiger partial charge in [-0.3, -0.25) is 0 Å². The lowest BCUT2D eigenvalue weighted by Gasteiger charge is -2.06. The Morgan fingerprint density at radius 3 is 0.554 bits per heavy atom. The SMILES string of the molecule is CCCCc1c(CCCC)c2sc1c1ccc(s1)c1c3cc(sc3c(-c3ccc(C)s3)c3cc(C)sc31)c1sc(c(CCCC)c1CCCC)c1cc3c(-c4ccc(C)s4)c4sc(C)cc4c(c4ccc(s4)c4sc(c(CCCC)c4CCCC)c4ccc(s4)c4c5cc(sc5c(-c5ccc(C)s5)c5cc(C)sc54)c4sc(c(CCCC)c4CCCC)c4cc5c(-c6ccc(C)s6)c6sc(C)cc6c(c6ccc2s6)c5s4)c3s1. The van der Waals surface area contributed by atoms with E-state index in [1.807, 2.05) is 90.7 Å². The molecule has 0 atom stereocenters. The molecule has 0 aliphatic rings. The van der Waals surface area contributed by atoms with Crippen molar-refractivity contribution in [1.29, 1.82) is 0 Å². The molecule has 21 heterocycles. The fourth-order valence-electron chi connectivity index (χ4n) is 23.2. The van der Waals surface area contributed by atoms with Crippen LogP contribution in [0.3, 0.4) is 0 Å². The van der Waals surface area contributed by atoms with E-state index in [2.05, 4.69) is 392 Å². The summed E-state index contributed by atoms with van der Waals surface area (Å²) in [6.07, 6.45) is 27.0. The van der Waals surface area contributed by atoms with Crippen LogP contribution in [0.2, 0.25) is 0 Å². The number of benzene rings is 4. The first kappa shape index (κ1) is 101. The van der Waals surface area contributed by atoms with Crippen LogP contribution < -0.4 is 0 Å². The molecule has 148 heavy (non-hydrogen) atoms. The molecule has 0 N–H and O–H groups in total. The molecule has 0 nitrogen and oxygen atoms in total. The molecule has 0 unspecified atom stereocenters. The molecule has 20 heteroatoms. The van der Waals surface area contributed by atoms with E-state index >= 15 is 0 Å². The third kappa shape index (κ3) is 17.8. The predicted octanol–water partition coefficient (Wildman–Crippen LogP) is 50.9. The van der Waals surface area contributed by atoms with Crippen molar-refractivity contribution >= 4 is 423 Å². The normalized spacial score (nSPS) is 12.4. The molecule has 0 aliphatic heterocycles. The van der Waals surface area contributed by atoms with Crippen LogP contribution in [0.15, 0.2) is 146 Å². The summed E-state index contributed by atoms with van der Waals surface area (Å²) in [5.41, 5.74) is 18.4. The van der Waals surface area contributed by atoms with Gasteiger partial charge < -0.3 is 0 Å². The zero-order chi connectivity index (χ0) is 101. The van der Waals surface area contributed by atoms with Crippen molar-refractivity contribution in [3.05, 3.63) is 229 Å². The molecule has 0 saturated heterocycles. The fraction of sp³-hybridized carbons (Fsp3) is 0.312. The Labute approximate surface area is 947 Å². The average molecular weight is 2300 g/mol. The standard InChI is InChI=1S/C128H120S20/c1-17-25-33-73-75(35-27-19-3)115-99-55-51-95(139-99)111-87-63-103(141-125(87)105(89-45-41-65(9)129-89)81-57-69(13)135-123(81)111)119-80(40-32-24-8)78(38-30-22-6)118(148-119)102-62-86-110(92-48-44-68(12)132-92)122-84(60-72(16)134-122)108(128(86)144-102)94-50-54-98(138-94)114-74(34-26-18-2)76(36-28-20-4)116(146-114)100-56-52-96(140-100)112-88-64-104(142-126(88)106(90-46-42-66(10)130-90)82-58-70(14)136-124(82)112)120-79(39-31-23-7)77(37-29-21-5)117(147-120)101-61-85-109(91-47-43-67(11)131-91)121-83(59-71(15)133-121)107(127(85)143-101)93-49-53-97(137-93)113(73)145-115/h41-64H,17-40H2,1-16H3. The van der Waals surface area contributed by atoms with E-state index in [0.29, 0.717) is 0 Å². The molecule has 21 aromatic heterocycles. The number of thiophene rings is 20. The summed E-state index contributed by atoms with van der Waals surface area (Å²) in [4.78, 5) is 16.4. The summed E-state index contributed by atoms with van der Waals surface area (Å²) in [5, 5.41) is 17.0. The quantitative estimate of drug-likeness (QED) is 0.0458. The van der Waals surface area contributed by atoms with Gasteiger partial charge in [0.1, 0.15) is 0 Å². The van der Waals surface area contributed by atoms with Crippen LogP contribution in [0.5, 0.6) is 0 Å². The molecular formula is C128H120S20. The molecule has 24 bridgehead atoms. The Balaban J connectivity index is 0.848. The van der Waals surface area contributed by atoms with Gasteiger partial charge in [0.2, 0.25) is 0 Å². The highest BCUT2D eigenvalue weighted by Crippen LogP contribution is 2.61. The van der Waals surface area contributed by atoms with Crippen LogP contribution in [0.1, 0.15) is 242 Å². The van der Waals surface area contributed by atoms with Gasteiger partial charge in [-0.05, 0) is 348 Å². The number of aryl methyl sites for hydroxylation is 16. The Morgan fingerprint density at radius 1 is 0.142 bits per heavy atom. The van der Waals surface area contributed by atoms with Gasteiger partial charge in [0.05, 0.1) is 0 Å². The largest absolute Gasteiger partial charge is 0.141 e. The molecule has 0 radical (unpaired) electrons. The molecule has 0 amide bonds. The molecule has 25 rings (SSSR count). The molecule has 0 spiro atoms. The molecule has 25 aromatic rings. The maximum atomic E-state index is 2.73. The number of rotatable bonds is 28. The van der Waals surface area contributed by atoms with Crippen LogP contribution >= 0.6 is 227 Å². The minimum atomic E-state index is 1.07. The Kier molecular flexibility index (Phi) is 29.0. The smallest absolute Gasteiger partial charge is 0.0484 e. The van der Waals surface area contributed by atoms with Crippen molar-refractivity contribution in [3.63, 3.8) is 0 Å². The maximum absolute atomic E-state index is 2.73. The maximum Gasteiger partial charge on any atom is 0.0484 e. The van der Waals surface area contributed by atoms with Crippen LogP contribution in [-0.4, -0.2) is 0 Å². The van der Waals surface area contributed by atoms with Gasteiger partial charge in [0.15, 0.2) is 0 Å². The summed E-state index contributed by atoms with van der Waals surface area (Å²) in [5.74, 6) is 0. The van der Waals surface area contributed by atoms with E-state index in [0.717, 1.165) is 154 Å². The topological polar surface area (TPSA) is 0 Å². The summed E-state index contributed by atoms with van der Waals surface area (Å²) in [7, 11) is 0. The highest BCUT2D eigenvalue weighted by Gasteiger charge is 2.31. The van der Waals surface area contributed by atoms with E-state index in [9.17, 15) is 0 Å². The van der Waals surface area contributed by atoms with Gasteiger partial charge in [0.25, 0.3) is 0 Å². The number of hydrogen-bond acceptors (Lipinski definition) is 20. The minimum Gasteiger partial charge on any atom is -0.141 e. The molecule has 0 aliphatic carbocycles. The van der Waals surface area contributed by atoms with Gasteiger partial charge in [-0.15, -0.1) is 227 Å². The van der Waals surface area contributed by atoms with Crippen LogP contribution in [0, 0.1) is 55.4 Å². The summed E-state index contributed by atoms with van der Waals surface area (Å²) in [6, 6.07) is 61.0. The average Bonchev–Trinajstić information content (AvgIpc) is 1.55. The predicted molar refractivity (Wildman–Crippen MR) is 702 cm³/mol. The third-order valence-corrected chi connectivity index (χ3v) is 54.1. The van der Waals surface area contributed by atoms with Crippen molar-refractivity contribution in [3.8, 4) is 41.8 Å². The Morgan fingerprint density at radius 2 is 0.324 bits per heavy atom. The Hall–Kier alpha value is -7.04. The Bertz CT molecular complexity index is 8860. The first-order chi connectivity index (χ1) is 72.3. The summed E-state index contributed by atoms with van der Waals surface area (Å²) in [6.45, 7) is 38.0. The fourth-order valence-corrected chi connectivity index (χ4v) is 47.7. The highest BCUT2D eigenvalue weighted by molar-refractivity contribution is 7.40. The van der Waals surface area contributed by atoms with Crippen LogP contribution in [-0.2, 0) is 51.4 Å². The molecule has 0 saturated carbocycles. The zero-order valence-electron chi connectivity index (χ0n) is 87.0. The summed E-state index contributed by atoms with van der Waals surface area (Å²) < 4.78 is 40.2. The number of fused-ring (bicyclic) bond motifs is 40. The van der Waals surface area contributed by atoms with Gasteiger partial charge in [-0.25, -0.2) is 0 Å². The van der Waals surface area contributed by atoms with Crippen molar-refractivity contribution in [1.82, 2.24) is 0 Å². The highest BCUT2D eigenvalue weighted by atomic mass is 32.2. The number of unbranched alkanes of at least 4 members (excludes halogenated alkanes) is 8. The van der Waals surface area contributed by atoms with E-state index in [-0.39, 0.29) is 0 Å². The van der Waals surface area contributed by atoms with Crippen LogP contribution in [0.4, 0.5) is 0 Å². The second-order valence-corrected chi connectivity index (χ2v) is 63.6. The van der Waals surface area contributed by atoms with Gasteiger partial charge >= 0.3 is 0 Å². The molecule has 752 valence electrons. The minimum absolute atomic E-state index is 1.07. The first-order valence-corrected chi connectivity index (χ1v) is 69.9. The van der Waals surface area contributed by atoms with E-state index in [1.165, 1.54) is 277 Å². The second-order valence-electron chi connectivity index (χ2n) is 40.8. The van der Waals surface area contributed by atoms with Crippen molar-refractivity contribution in [2.24, 2.45) is 0 Å². The second kappa shape index (κ2) is 42.2. The molecule has 4 aromatic carbocycles. The van der Waals surface area contributed by atoms with E-state index < -0.39 is 0 Å². The summed E-state index contributed by atoms with van der Waals surface area (Å²) >= 11 is 41.2. The van der Waals surface area contributed by atoms with Gasteiger partial charge in [-0.1, -0.05) is 107 Å². The third-order valence-electron chi connectivity index (χ3n) is 30.2. The molecular weight excluding hydrogens is 2180 g/mol. The van der Waals surface area contributed by atoms with Gasteiger partial charge in [-0.2, -0.15) is 0 Å². The van der Waals surface area contributed by atoms with Crippen LogP contribution in [0.25, 0.3) is 238 Å². The van der Waals surface area contributed by atoms with Crippen molar-refractivity contribution in [2.75, 3.05) is 0 Å². The first-order valence-electron chi connectivity index (χ1n) is 53.6. The lowest BCUT2D eigenvalue weighted by Crippen LogP contribution is -1.91. The number of hydrogen-bond donors (Lipinski definition) is 0. The monoisotopic (exact) mass is 2300 g/mol. The zero-order valence-corrected chi connectivity index (χ0v) is 103. The van der Waals surface area contributed by atoms with Crippen molar-refractivity contribution < 1.29 is 0 Å². The van der Waals surface area contributed by atoms with Crippen molar-refractivity contribution in [2.45, 2.75) is 265 Å². The lowest BCUT2D eigenvalue weighted by molar-refractivity contribution is 0.767. The lowest BCUT2D eigenvalue weighted by atomic mass is 9.99.